The zero-order valence-corrected chi connectivity index (χ0v) is 11.8. The molecule has 0 saturated heterocycles. The summed E-state index contributed by atoms with van der Waals surface area (Å²) in [5.74, 6) is 0. The van der Waals surface area contributed by atoms with Crippen molar-refractivity contribution in [2.75, 3.05) is 31.9 Å². The molecule has 0 spiro atoms. The zero-order chi connectivity index (χ0) is 13.4. The molecular weight excluding hydrogens is 223 g/mol. The van der Waals surface area contributed by atoms with E-state index in [4.69, 9.17) is 15.3 Å². The first-order chi connectivity index (χ1) is 7.57. The van der Waals surface area contributed by atoms with Gasteiger partial charge < -0.3 is 11.5 Å². The van der Waals surface area contributed by atoms with Gasteiger partial charge in [0.15, 0.2) is 12.4 Å². The van der Waals surface area contributed by atoms with E-state index < -0.39 is 7.26 Å². The second-order valence-electron chi connectivity index (χ2n) is 3.25. The third kappa shape index (κ3) is 13.0. The summed E-state index contributed by atoms with van der Waals surface area (Å²) in [6.07, 6.45) is 7.66. The summed E-state index contributed by atoms with van der Waals surface area (Å²) in [5, 5.41) is 14.2. The van der Waals surface area contributed by atoms with Crippen LogP contribution in [0.25, 0.3) is 0 Å². The third-order valence-corrected chi connectivity index (χ3v) is 8.10. The molecule has 6 heteroatoms. The van der Waals surface area contributed by atoms with Crippen molar-refractivity contribution < 1.29 is 4.74 Å². The van der Waals surface area contributed by atoms with Crippen molar-refractivity contribution in [3.63, 3.8) is 0 Å². The van der Waals surface area contributed by atoms with Gasteiger partial charge in [-0.2, -0.15) is 10.5 Å². The summed E-state index contributed by atoms with van der Waals surface area (Å²) in [5.41, 5.74) is 8.31. The molecule has 96 valence electrons. The number of nitrogens with two attached hydrogens (primary N) is 2. The normalized spacial score (nSPS) is 9.38. The number of nitriles is 2. The molecule has 0 aliphatic carbocycles. The molecule has 5 nitrogen and oxygen atoms in total. The fourth-order valence-corrected chi connectivity index (χ4v) is 4.09. The van der Waals surface area contributed by atoms with Crippen LogP contribution in [0.15, 0.2) is 0 Å². The summed E-state index contributed by atoms with van der Waals surface area (Å²) in [7, 11) is 0.883. The van der Waals surface area contributed by atoms with Gasteiger partial charge >= 0.3 is 64.7 Å². The Bertz CT molecular complexity index is 186. The maximum absolute atomic E-state index is 7.10. The fraction of sp³-hybridized carbons (Fsp3) is 0.800. The molecule has 0 saturated carbocycles. The monoisotopic (exact) mass is 248 g/mol. The van der Waals surface area contributed by atoms with Crippen LogP contribution in [-0.2, 0) is 4.74 Å². The van der Waals surface area contributed by atoms with E-state index in [1.165, 1.54) is 30.9 Å². The summed E-state index contributed by atoms with van der Waals surface area (Å²) in [6.45, 7) is 6.91. The van der Waals surface area contributed by atoms with Crippen LogP contribution in [0.2, 0.25) is 0 Å². The Morgan fingerprint density at radius 3 is 1.31 bits per heavy atom. The largest absolute Gasteiger partial charge is 0.337 e. The van der Waals surface area contributed by atoms with E-state index in [2.05, 4.69) is 32.2 Å². The van der Waals surface area contributed by atoms with E-state index in [-0.39, 0.29) is 0 Å². The van der Waals surface area contributed by atoms with Gasteiger partial charge in [0, 0.05) is 0 Å². The van der Waals surface area contributed by atoms with E-state index in [1.54, 1.807) is 0 Å². The van der Waals surface area contributed by atoms with Crippen molar-refractivity contribution >= 4 is 7.26 Å². The Kier molecular flexibility index (Phi) is 20.9. The van der Waals surface area contributed by atoms with Crippen LogP contribution in [0.5, 0.6) is 0 Å². The molecule has 0 aliphatic rings. The zero-order valence-electron chi connectivity index (χ0n) is 10.8. The quantitative estimate of drug-likeness (QED) is 0.432. The molecule has 0 aliphatic heterocycles. The number of rotatable bonds is 5. The van der Waals surface area contributed by atoms with Gasteiger partial charge in [0.2, 0.25) is 0 Å². The average molecular weight is 248 g/mol. The molecule has 0 amide bonds. The van der Waals surface area contributed by atoms with Gasteiger partial charge in [-0.1, -0.05) is 0 Å². The maximum atomic E-state index is 7.10. The predicted molar refractivity (Wildman–Crippen MR) is 71.4 cm³/mol. The minimum atomic E-state index is -0.940. The van der Waals surface area contributed by atoms with Crippen LogP contribution in [0.1, 0.15) is 20.8 Å². The summed E-state index contributed by atoms with van der Waals surface area (Å²) >= 11 is 0. The van der Waals surface area contributed by atoms with Crippen molar-refractivity contribution in [2.45, 2.75) is 20.8 Å². The molecule has 0 radical (unpaired) electrons. The first-order valence-electron chi connectivity index (χ1n) is 5.26. The molecule has 0 atom stereocenters. The Morgan fingerprint density at radius 1 is 1.00 bits per heavy atom. The SMILES string of the molecule is CC[PH](CC)(CC)COC.N#CN.N#CN. The minimum Gasteiger partial charge on any atom is -0.337 e. The standard InChI is InChI=1S/C8H21OP.2CH2N2/c1-5-10(6-2,7-3)8-9-4;2*2-1-3/h10H,5-8H2,1-4H3;2*2H2. The van der Waals surface area contributed by atoms with Gasteiger partial charge in [0.1, 0.15) is 0 Å². The Hall–Kier alpha value is -1.03. The first-order valence-corrected chi connectivity index (χ1v) is 8.09. The molecule has 0 unspecified atom stereocenters. The first kappa shape index (κ1) is 20.4. The molecule has 0 aromatic heterocycles. The summed E-state index contributed by atoms with van der Waals surface area (Å²) in [4.78, 5) is 0. The number of nitrogens with zero attached hydrogens (tertiary/aromatic N) is 2. The second-order valence-corrected chi connectivity index (χ2v) is 8.66. The molecule has 0 fully saturated rings. The smallest absolute Gasteiger partial charge is 0.173 e. The Balaban J connectivity index is -0.000000235. The average Bonchev–Trinajstić information content (AvgIpc) is 2.28. The molecule has 4 N–H and O–H groups in total. The van der Waals surface area contributed by atoms with Crippen molar-refractivity contribution in [1.29, 1.82) is 10.5 Å². The molecular formula is C10H25N4OP. The Labute approximate surface area is 99.7 Å². The molecule has 0 aromatic carbocycles. The van der Waals surface area contributed by atoms with Gasteiger partial charge in [0.25, 0.3) is 0 Å². The van der Waals surface area contributed by atoms with E-state index in [9.17, 15) is 0 Å². The van der Waals surface area contributed by atoms with Gasteiger partial charge in [-0.3, -0.25) is 0 Å². The van der Waals surface area contributed by atoms with Gasteiger partial charge in [-0.05, 0) is 0 Å². The molecule has 0 heterocycles. The molecule has 0 rings (SSSR count). The van der Waals surface area contributed by atoms with Crippen molar-refractivity contribution in [2.24, 2.45) is 11.5 Å². The molecule has 0 bridgehead atoms. The van der Waals surface area contributed by atoms with Crippen LogP contribution in [-0.4, -0.2) is 31.9 Å². The maximum Gasteiger partial charge on any atom is 0.173 e. The predicted octanol–water partition coefficient (Wildman–Crippen LogP) is 1.25. The summed E-state index contributed by atoms with van der Waals surface area (Å²) in [6, 6.07) is 0. The van der Waals surface area contributed by atoms with Crippen molar-refractivity contribution in [1.82, 2.24) is 0 Å². The van der Waals surface area contributed by atoms with Crippen LogP contribution < -0.4 is 11.5 Å². The van der Waals surface area contributed by atoms with Crippen LogP contribution in [0.4, 0.5) is 0 Å². The fourth-order valence-electron chi connectivity index (χ4n) is 1.36. The van der Waals surface area contributed by atoms with Crippen LogP contribution in [0.3, 0.4) is 0 Å². The van der Waals surface area contributed by atoms with E-state index in [1.807, 2.05) is 7.11 Å². The number of ether oxygens (including phenoxy) is 1. The van der Waals surface area contributed by atoms with Crippen molar-refractivity contribution in [3.05, 3.63) is 0 Å². The molecule has 0 aromatic rings. The van der Waals surface area contributed by atoms with Gasteiger partial charge in [-0.25, -0.2) is 0 Å². The van der Waals surface area contributed by atoms with Crippen molar-refractivity contribution in [3.8, 4) is 12.4 Å². The van der Waals surface area contributed by atoms with E-state index in [0.717, 1.165) is 6.35 Å². The minimum absolute atomic E-state index is 0.940. The Morgan fingerprint density at radius 2 is 1.25 bits per heavy atom. The van der Waals surface area contributed by atoms with Gasteiger partial charge in [-0.15, -0.1) is 0 Å². The van der Waals surface area contributed by atoms with E-state index in [0.29, 0.717) is 0 Å². The van der Waals surface area contributed by atoms with Crippen LogP contribution in [0, 0.1) is 22.9 Å². The molecule has 16 heavy (non-hydrogen) atoms. The van der Waals surface area contributed by atoms with Gasteiger partial charge in [0.05, 0.1) is 0 Å². The topological polar surface area (TPSA) is 109 Å². The third-order valence-electron chi connectivity index (χ3n) is 2.70. The second kappa shape index (κ2) is 16.4. The summed E-state index contributed by atoms with van der Waals surface area (Å²) < 4.78 is 5.24. The number of hydrogen-bond donors (Lipinski definition) is 2. The van der Waals surface area contributed by atoms with Crippen LogP contribution >= 0.6 is 7.26 Å². The number of methoxy groups -OCH3 is 1. The van der Waals surface area contributed by atoms with E-state index >= 15 is 0 Å². The number of hydrogen-bond acceptors (Lipinski definition) is 5.